The number of nitrogens with one attached hydrogen (secondary N) is 1. The number of nitrogens with zero attached hydrogens (tertiary/aromatic N) is 4. The number of carbonyl (C=O) groups excluding carboxylic acids is 1. The summed E-state index contributed by atoms with van der Waals surface area (Å²) in [6.45, 7) is 3.55. The largest absolute Gasteiger partial charge is 0.493 e. The average molecular weight is 490 g/mol. The van der Waals surface area contributed by atoms with Gasteiger partial charge >= 0.3 is 0 Å². The number of ether oxygens (including phenoxy) is 3. The highest BCUT2D eigenvalue weighted by molar-refractivity contribution is 6.33. The molecule has 34 heavy (non-hydrogen) atoms. The Kier molecular flexibility index (Phi) is 7.71. The molecule has 1 amide bonds. The van der Waals surface area contributed by atoms with E-state index in [0.29, 0.717) is 47.8 Å². The number of fused-ring (bicyclic) bond motifs is 1. The zero-order chi connectivity index (χ0) is 24.1. The van der Waals surface area contributed by atoms with E-state index in [1.54, 1.807) is 33.5 Å². The number of furan rings is 1. The Morgan fingerprint density at radius 1 is 1.12 bits per heavy atom. The van der Waals surface area contributed by atoms with Crippen LogP contribution < -0.4 is 14.8 Å². The minimum absolute atomic E-state index is 0.237. The number of amides is 1. The number of methoxy groups -OCH3 is 3. The standard InChI is InChI=1S/C23H28ClN5O5/c1-31-14-16-5-7-18(34-16)23(30)25-12-20-27-26-19-8-9-28(10-11-29(19)20)13-15-4-6-17(32-2)22(33-3)21(15)24/h4-7H,8-14H2,1-3H3,(H,25,30). The fourth-order valence-corrected chi connectivity index (χ4v) is 4.27. The Bertz CT molecular complexity index is 1140. The Morgan fingerprint density at radius 3 is 2.74 bits per heavy atom. The summed E-state index contributed by atoms with van der Waals surface area (Å²) >= 11 is 6.57. The molecule has 0 fully saturated rings. The van der Waals surface area contributed by atoms with Crippen molar-refractivity contribution in [2.24, 2.45) is 0 Å². The van der Waals surface area contributed by atoms with Crippen molar-refractivity contribution in [3.8, 4) is 11.5 Å². The van der Waals surface area contributed by atoms with E-state index in [1.807, 2.05) is 12.1 Å². The molecule has 1 aliphatic heterocycles. The molecule has 3 heterocycles. The number of halogens is 1. The topological polar surface area (TPSA) is 104 Å². The van der Waals surface area contributed by atoms with Gasteiger partial charge in [0.1, 0.15) is 18.2 Å². The van der Waals surface area contributed by atoms with Crippen molar-refractivity contribution in [2.75, 3.05) is 34.4 Å². The maximum absolute atomic E-state index is 12.4. The van der Waals surface area contributed by atoms with Crippen molar-refractivity contribution in [2.45, 2.75) is 32.7 Å². The third-order valence-electron chi connectivity index (χ3n) is 5.73. The first-order valence-corrected chi connectivity index (χ1v) is 11.3. The van der Waals surface area contributed by atoms with Crippen LogP contribution in [0, 0.1) is 0 Å². The Balaban J connectivity index is 1.37. The summed E-state index contributed by atoms with van der Waals surface area (Å²) in [5, 5.41) is 12.0. The van der Waals surface area contributed by atoms with Crippen molar-refractivity contribution >= 4 is 17.5 Å². The van der Waals surface area contributed by atoms with Gasteiger partial charge in [0.25, 0.3) is 5.91 Å². The summed E-state index contributed by atoms with van der Waals surface area (Å²) in [6.07, 6.45) is 0.740. The van der Waals surface area contributed by atoms with Crippen molar-refractivity contribution in [3.63, 3.8) is 0 Å². The quantitative estimate of drug-likeness (QED) is 0.489. The molecule has 0 saturated heterocycles. The van der Waals surface area contributed by atoms with Crippen LogP contribution in [0.2, 0.25) is 5.02 Å². The highest BCUT2D eigenvalue weighted by atomic mass is 35.5. The van der Waals surface area contributed by atoms with E-state index in [2.05, 4.69) is 25.0 Å². The maximum atomic E-state index is 12.4. The summed E-state index contributed by atoms with van der Waals surface area (Å²) < 4.78 is 23.3. The van der Waals surface area contributed by atoms with Crippen LogP contribution in [0.5, 0.6) is 11.5 Å². The molecule has 0 unspecified atom stereocenters. The monoisotopic (exact) mass is 489 g/mol. The summed E-state index contributed by atoms with van der Waals surface area (Å²) in [5.41, 5.74) is 0.968. The van der Waals surface area contributed by atoms with Crippen molar-refractivity contribution in [1.29, 1.82) is 0 Å². The van der Waals surface area contributed by atoms with Gasteiger partial charge in [-0.2, -0.15) is 0 Å². The zero-order valence-corrected chi connectivity index (χ0v) is 20.2. The van der Waals surface area contributed by atoms with Crippen LogP contribution in [0.25, 0.3) is 0 Å². The predicted molar refractivity (Wildman–Crippen MR) is 124 cm³/mol. The lowest BCUT2D eigenvalue weighted by Crippen LogP contribution is -2.28. The van der Waals surface area contributed by atoms with Crippen LogP contribution in [0.1, 0.15) is 33.5 Å². The van der Waals surface area contributed by atoms with E-state index < -0.39 is 0 Å². The van der Waals surface area contributed by atoms with Gasteiger partial charge in [-0.15, -0.1) is 10.2 Å². The number of carbonyl (C=O) groups is 1. The highest BCUT2D eigenvalue weighted by Crippen LogP contribution is 2.37. The second-order valence-corrected chi connectivity index (χ2v) is 8.24. The first-order chi connectivity index (χ1) is 16.5. The van der Waals surface area contributed by atoms with Crippen LogP contribution in [-0.2, 0) is 37.4 Å². The van der Waals surface area contributed by atoms with Crippen LogP contribution in [0.3, 0.4) is 0 Å². The zero-order valence-electron chi connectivity index (χ0n) is 19.5. The van der Waals surface area contributed by atoms with Gasteiger partial charge < -0.3 is 28.5 Å². The highest BCUT2D eigenvalue weighted by Gasteiger charge is 2.21. The van der Waals surface area contributed by atoms with E-state index in [1.165, 1.54) is 0 Å². The lowest BCUT2D eigenvalue weighted by molar-refractivity contribution is 0.0913. The SMILES string of the molecule is COCc1ccc(C(=O)NCc2nnc3n2CCN(Cc2ccc(OC)c(OC)c2Cl)CC3)o1. The number of hydrogen-bond donors (Lipinski definition) is 1. The molecule has 1 aromatic carbocycles. The summed E-state index contributed by atoms with van der Waals surface area (Å²) in [7, 11) is 4.74. The van der Waals surface area contributed by atoms with Gasteiger partial charge in [0.2, 0.25) is 0 Å². The van der Waals surface area contributed by atoms with E-state index in [-0.39, 0.29) is 18.2 Å². The first kappa shape index (κ1) is 24.1. The molecule has 0 bridgehead atoms. The smallest absolute Gasteiger partial charge is 0.287 e. The van der Waals surface area contributed by atoms with E-state index in [4.69, 9.17) is 30.2 Å². The average Bonchev–Trinajstić information content (AvgIpc) is 3.42. The van der Waals surface area contributed by atoms with E-state index >= 15 is 0 Å². The number of aromatic nitrogens is 3. The minimum atomic E-state index is -0.307. The molecule has 1 N–H and O–H groups in total. The van der Waals surface area contributed by atoms with Crippen molar-refractivity contribution in [3.05, 3.63) is 58.0 Å². The molecule has 1 aliphatic rings. The molecule has 0 radical (unpaired) electrons. The molecule has 10 nitrogen and oxygen atoms in total. The normalized spacial score (nSPS) is 13.9. The summed E-state index contributed by atoms with van der Waals surface area (Å²) in [5.74, 6) is 3.27. The molecule has 2 aromatic heterocycles. The number of rotatable bonds is 9. The third kappa shape index (κ3) is 5.19. The molecular weight excluding hydrogens is 462 g/mol. The van der Waals surface area contributed by atoms with Gasteiger partial charge in [-0.1, -0.05) is 17.7 Å². The van der Waals surface area contributed by atoms with Crippen LogP contribution >= 0.6 is 11.6 Å². The molecule has 0 atom stereocenters. The molecule has 0 aliphatic carbocycles. The third-order valence-corrected chi connectivity index (χ3v) is 6.15. The molecule has 0 spiro atoms. The summed E-state index contributed by atoms with van der Waals surface area (Å²) in [4.78, 5) is 14.7. The van der Waals surface area contributed by atoms with Gasteiger partial charge in [0.15, 0.2) is 23.1 Å². The second kappa shape index (κ2) is 10.9. The fourth-order valence-electron chi connectivity index (χ4n) is 3.97. The molecule has 0 saturated carbocycles. The number of hydrogen-bond acceptors (Lipinski definition) is 8. The van der Waals surface area contributed by atoms with E-state index in [0.717, 1.165) is 30.9 Å². The molecule has 3 aromatic rings. The van der Waals surface area contributed by atoms with Gasteiger partial charge in [0.05, 0.1) is 25.8 Å². The molecule has 4 rings (SSSR count). The van der Waals surface area contributed by atoms with Crippen LogP contribution in [0.15, 0.2) is 28.7 Å². The van der Waals surface area contributed by atoms with Gasteiger partial charge in [-0.05, 0) is 23.8 Å². The fraction of sp³-hybridized carbons (Fsp3) is 0.435. The summed E-state index contributed by atoms with van der Waals surface area (Å²) in [6, 6.07) is 7.18. The maximum Gasteiger partial charge on any atom is 0.287 e. The Hall–Kier alpha value is -3.08. The lowest BCUT2D eigenvalue weighted by atomic mass is 10.1. The Morgan fingerprint density at radius 2 is 1.97 bits per heavy atom. The van der Waals surface area contributed by atoms with Crippen LogP contribution in [-0.4, -0.2) is 60.0 Å². The molecular formula is C23H28ClN5O5. The lowest BCUT2D eigenvalue weighted by Gasteiger charge is -2.21. The predicted octanol–water partition coefficient (Wildman–Crippen LogP) is 2.68. The number of benzene rings is 1. The minimum Gasteiger partial charge on any atom is -0.493 e. The molecule has 182 valence electrons. The van der Waals surface area contributed by atoms with Gasteiger partial charge in [-0.3, -0.25) is 9.69 Å². The Labute approximate surface area is 202 Å². The van der Waals surface area contributed by atoms with Crippen LogP contribution in [0.4, 0.5) is 0 Å². The first-order valence-electron chi connectivity index (χ1n) is 10.9. The molecule has 11 heteroatoms. The van der Waals surface area contributed by atoms with Gasteiger partial charge in [-0.25, -0.2) is 0 Å². The van der Waals surface area contributed by atoms with Crippen molar-refractivity contribution < 1.29 is 23.4 Å². The van der Waals surface area contributed by atoms with Crippen molar-refractivity contribution in [1.82, 2.24) is 25.0 Å². The van der Waals surface area contributed by atoms with E-state index in [9.17, 15) is 4.79 Å². The van der Waals surface area contributed by atoms with Gasteiger partial charge in [0, 0.05) is 39.7 Å². The second-order valence-electron chi connectivity index (χ2n) is 7.87.